The summed E-state index contributed by atoms with van der Waals surface area (Å²) in [4.78, 5) is 4.03. The molecule has 0 radical (unpaired) electrons. The Morgan fingerprint density at radius 1 is 1.18 bits per heavy atom. The summed E-state index contributed by atoms with van der Waals surface area (Å²) in [5, 5.41) is 0.777. The highest BCUT2D eigenvalue weighted by atomic mass is 35.5. The molecule has 0 aliphatic carbocycles. The van der Waals surface area contributed by atoms with Gasteiger partial charge in [0.05, 0.1) is 5.02 Å². The van der Waals surface area contributed by atoms with Gasteiger partial charge in [0.2, 0.25) is 0 Å². The van der Waals surface area contributed by atoms with Crippen LogP contribution in [0.3, 0.4) is 0 Å². The fourth-order valence-electron chi connectivity index (χ4n) is 1.70. The standard InChI is InChI=1S/C13H10Cl2FN/c1-2-8-7-17-13(15)6-11(8)10-4-3-9(16)5-12(10)14/h3-7H,2H2,1H3. The van der Waals surface area contributed by atoms with Gasteiger partial charge in [-0.05, 0) is 41.8 Å². The van der Waals surface area contributed by atoms with Gasteiger partial charge in [0.15, 0.2) is 0 Å². The van der Waals surface area contributed by atoms with Crippen LogP contribution in [0, 0.1) is 5.82 Å². The fourth-order valence-corrected chi connectivity index (χ4v) is 2.13. The van der Waals surface area contributed by atoms with Gasteiger partial charge in [0, 0.05) is 11.8 Å². The predicted molar refractivity (Wildman–Crippen MR) is 69.0 cm³/mol. The monoisotopic (exact) mass is 269 g/mol. The molecular weight excluding hydrogens is 260 g/mol. The van der Waals surface area contributed by atoms with Crippen LogP contribution in [-0.4, -0.2) is 4.98 Å². The Bertz CT molecular complexity index is 555. The summed E-state index contributed by atoms with van der Waals surface area (Å²) in [7, 11) is 0. The average Bonchev–Trinajstić information content (AvgIpc) is 2.29. The molecule has 1 nitrogen and oxygen atoms in total. The molecule has 17 heavy (non-hydrogen) atoms. The summed E-state index contributed by atoms with van der Waals surface area (Å²) < 4.78 is 13.0. The van der Waals surface area contributed by atoms with Gasteiger partial charge in [0.25, 0.3) is 0 Å². The minimum absolute atomic E-state index is 0.350. The lowest BCUT2D eigenvalue weighted by Gasteiger charge is -2.09. The first-order chi connectivity index (χ1) is 8.11. The lowest BCUT2D eigenvalue weighted by molar-refractivity contribution is 0.628. The first-order valence-corrected chi connectivity index (χ1v) is 5.97. The molecule has 4 heteroatoms. The molecule has 0 saturated carbocycles. The van der Waals surface area contributed by atoms with Crippen molar-refractivity contribution in [3.63, 3.8) is 0 Å². The molecule has 1 heterocycles. The van der Waals surface area contributed by atoms with Gasteiger partial charge >= 0.3 is 0 Å². The van der Waals surface area contributed by atoms with Crippen LogP contribution < -0.4 is 0 Å². The van der Waals surface area contributed by atoms with E-state index in [2.05, 4.69) is 4.98 Å². The molecule has 0 N–H and O–H groups in total. The molecule has 1 aromatic heterocycles. The van der Waals surface area contributed by atoms with Crippen molar-refractivity contribution in [2.75, 3.05) is 0 Å². The molecule has 2 aromatic rings. The molecule has 0 aliphatic heterocycles. The maximum Gasteiger partial charge on any atom is 0.129 e. The van der Waals surface area contributed by atoms with E-state index in [0.717, 1.165) is 23.1 Å². The fraction of sp³-hybridized carbons (Fsp3) is 0.154. The summed E-state index contributed by atoms with van der Waals surface area (Å²) in [5.74, 6) is -0.350. The quantitative estimate of drug-likeness (QED) is 0.717. The van der Waals surface area contributed by atoms with Gasteiger partial charge in [-0.3, -0.25) is 0 Å². The zero-order valence-electron chi connectivity index (χ0n) is 9.17. The third kappa shape index (κ3) is 2.59. The maximum atomic E-state index is 13.0. The van der Waals surface area contributed by atoms with E-state index in [1.807, 2.05) is 6.92 Å². The van der Waals surface area contributed by atoms with Crippen molar-refractivity contribution < 1.29 is 4.39 Å². The van der Waals surface area contributed by atoms with E-state index < -0.39 is 0 Å². The summed E-state index contributed by atoms with van der Waals surface area (Å²) in [6.45, 7) is 2.02. The summed E-state index contributed by atoms with van der Waals surface area (Å²) in [5.41, 5.74) is 2.70. The van der Waals surface area contributed by atoms with Crippen molar-refractivity contribution in [3.05, 3.63) is 52.0 Å². The van der Waals surface area contributed by atoms with Crippen molar-refractivity contribution in [1.82, 2.24) is 4.98 Å². The van der Waals surface area contributed by atoms with Crippen molar-refractivity contribution in [1.29, 1.82) is 0 Å². The van der Waals surface area contributed by atoms with Crippen LogP contribution in [0.2, 0.25) is 10.2 Å². The van der Waals surface area contributed by atoms with Gasteiger partial charge in [0.1, 0.15) is 11.0 Å². The molecular formula is C13H10Cl2FN. The Morgan fingerprint density at radius 3 is 2.59 bits per heavy atom. The van der Waals surface area contributed by atoms with E-state index in [1.165, 1.54) is 12.1 Å². The number of pyridine rings is 1. The van der Waals surface area contributed by atoms with Crippen molar-refractivity contribution >= 4 is 23.2 Å². The van der Waals surface area contributed by atoms with Crippen LogP contribution in [0.15, 0.2) is 30.5 Å². The summed E-state index contributed by atoms with van der Waals surface area (Å²) in [6, 6.07) is 6.08. The Labute approximate surface area is 109 Å². The summed E-state index contributed by atoms with van der Waals surface area (Å²) >= 11 is 11.9. The van der Waals surface area contributed by atoms with Crippen molar-refractivity contribution in [2.24, 2.45) is 0 Å². The lowest BCUT2D eigenvalue weighted by atomic mass is 10.0. The highest BCUT2D eigenvalue weighted by Gasteiger charge is 2.10. The Morgan fingerprint density at radius 2 is 1.94 bits per heavy atom. The number of rotatable bonds is 2. The highest BCUT2D eigenvalue weighted by molar-refractivity contribution is 6.33. The number of nitrogens with zero attached hydrogens (tertiary/aromatic N) is 1. The smallest absolute Gasteiger partial charge is 0.129 e. The van der Waals surface area contributed by atoms with E-state index in [-0.39, 0.29) is 5.82 Å². The molecule has 1 aromatic carbocycles. The molecule has 0 aliphatic rings. The van der Waals surface area contributed by atoms with E-state index >= 15 is 0 Å². The highest BCUT2D eigenvalue weighted by Crippen LogP contribution is 2.32. The third-order valence-corrected chi connectivity index (χ3v) is 3.07. The molecule has 0 atom stereocenters. The number of aryl methyl sites for hydroxylation is 1. The molecule has 0 unspecified atom stereocenters. The molecule has 2 rings (SSSR count). The number of hydrogen-bond acceptors (Lipinski definition) is 1. The molecule has 0 bridgehead atoms. The summed E-state index contributed by atoms with van der Waals surface area (Å²) in [6.07, 6.45) is 2.53. The Balaban J connectivity index is 2.62. The van der Waals surface area contributed by atoms with Gasteiger partial charge < -0.3 is 0 Å². The first-order valence-electron chi connectivity index (χ1n) is 5.21. The second kappa shape index (κ2) is 5.03. The van der Waals surface area contributed by atoms with Crippen molar-refractivity contribution in [3.8, 4) is 11.1 Å². The van der Waals surface area contributed by atoms with Crippen LogP contribution >= 0.6 is 23.2 Å². The van der Waals surface area contributed by atoms with Crippen LogP contribution in [0.4, 0.5) is 4.39 Å². The number of benzene rings is 1. The van der Waals surface area contributed by atoms with Crippen LogP contribution in [-0.2, 0) is 6.42 Å². The molecule has 0 fully saturated rings. The normalized spacial score (nSPS) is 10.6. The topological polar surface area (TPSA) is 12.9 Å². The van der Waals surface area contributed by atoms with Gasteiger partial charge in [-0.25, -0.2) is 9.37 Å². The van der Waals surface area contributed by atoms with Crippen LogP contribution in [0.1, 0.15) is 12.5 Å². The van der Waals surface area contributed by atoms with Gasteiger partial charge in [-0.1, -0.05) is 30.1 Å². The van der Waals surface area contributed by atoms with Gasteiger partial charge in [-0.15, -0.1) is 0 Å². The largest absolute Gasteiger partial charge is 0.244 e. The zero-order valence-corrected chi connectivity index (χ0v) is 10.7. The molecule has 88 valence electrons. The molecule has 0 saturated heterocycles. The lowest BCUT2D eigenvalue weighted by Crippen LogP contribution is -1.91. The van der Waals surface area contributed by atoms with E-state index in [9.17, 15) is 4.39 Å². The predicted octanol–water partition coefficient (Wildman–Crippen LogP) is 4.76. The van der Waals surface area contributed by atoms with Gasteiger partial charge in [-0.2, -0.15) is 0 Å². The second-order valence-electron chi connectivity index (χ2n) is 3.64. The van der Waals surface area contributed by atoms with E-state index in [0.29, 0.717) is 10.2 Å². The minimum atomic E-state index is -0.350. The minimum Gasteiger partial charge on any atom is -0.244 e. The Hall–Kier alpha value is -1.12. The zero-order chi connectivity index (χ0) is 12.4. The van der Waals surface area contributed by atoms with Crippen LogP contribution in [0.5, 0.6) is 0 Å². The number of hydrogen-bond donors (Lipinski definition) is 0. The molecule has 0 amide bonds. The van der Waals surface area contributed by atoms with Crippen molar-refractivity contribution in [2.45, 2.75) is 13.3 Å². The average molecular weight is 270 g/mol. The SMILES string of the molecule is CCc1cnc(Cl)cc1-c1ccc(F)cc1Cl. The number of halogens is 3. The molecule has 0 spiro atoms. The maximum absolute atomic E-state index is 13.0. The second-order valence-corrected chi connectivity index (χ2v) is 4.44. The third-order valence-electron chi connectivity index (χ3n) is 2.56. The first kappa shape index (κ1) is 12.3. The van der Waals surface area contributed by atoms with Crippen LogP contribution in [0.25, 0.3) is 11.1 Å². The Kier molecular flexibility index (Phi) is 3.65. The van der Waals surface area contributed by atoms with E-state index in [1.54, 1.807) is 18.3 Å². The van der Waals surface area contributed by atoms with E-state index in [4.69, 9.17) is 23.2 Å². The number of aromatic nitrogens is 1.